The normalized spacial score (nSPS) is 17.2. The zero-order valence-electron chi connectivity index (χ0n) is 23.6. The van der Waals surface area contributed by atoms with Gasteiger partial charge in [-0.1, -0.05) is 42.8 Å². The molecule has 3 aliphatic rings. The van der Waals surface area contributed by atoms with Gasteiger partial charge >= 0.3 is 6.18 Å². The average Bonchev–Trinajstić information content (AvgIpc) is 2.95. The quantitative estimate of drug-likeness (QED) is 0.232. The highest BCUT2D eigenvalue weighted by Crippen LogP contribution is 2.39. The molecule has 1 amide bonds. The molecular weight excluding hydrogens is 624 g/mol. The fourth-order valence-corrected chi connectivity index (χ4v) is 6.83. The first-order valence-electron chi connectivity index (χ1n) is 13.8. The molecule has 44 heavy (non-hydrogen) atoms. The van der Waals surface area contributed by atoms with Crippen molar-refractivity contribution in [2.24, 2.45) is 5.41 Å². The molecule has 2 saturated heterocycles. The molecule has 3 aliphatic heterocycles. The number of likely N-dealkylation sites (tertiary alicyclic amines) is 1. The minimum Gasteiger partial charge on any atom is -0.489 e. The van der Waals surface area contributed by atoms with Crippen molar-refractivity contribution >= 4 is 45.4 Å². The van der Waals surface area contributed by atoms with Crippen molar-refractivity contribution in [3.8, 4) is 5.75 Å². The van der Waals surface area contributed by atoms with Crippen LogP contribution in [0.1, 0.15) is 30.0 Å². The van der Waals surface area contributed by atoms with Crippen LogP contribution in [-0.2, 0) is 25.7 Å². The van der Waals surface area contributed by atoms with Gasteiger partial charge in [0, 0.05) is 25.1 Å². The molecule has 0 radical (unpaired) electrons. The van der Waals surface area contributed by atoms with Crippen LogP contribution in [0.2, 0.25) is 5.02 Å². The third-order valence-electron chi connectivity index (χ3n) is 7.52. The van der Waals surface area contributed by atoms with Crippen LogP contribution >= 0.6 is 11.6 Å². The van der Waals surface area contributed by atoms with E-state index >= 15 is 0 Å². The Morgan fingerprint density at radius 1 is 1.05 bits per heavy atom. The van der Waals surface area contributed by atoms with Crippen LogP contribution in [0.25, 0.3) is 12.2 Å². The number of ether oxygens (including phenoxy) is 2. The summed E-state index contributed by atoms with van der Waals surface area (Å²) >= 11 is 6.03. The van der Waals surface area contributed by atoms with Gasteiger partial charge in [0.1, 0.15) is 18.2 Å². The van der Waals surface area contributed by atoms with Crippen LogP contribution in [0.4, 0.5) is 23.2 Å². The Morgan fingerprint density at radius 3 is 2.41 bits per heavy atom. The van der Waals surface area contributed by atoms with Gasteiger partial charge in [0.25, 0.3) is 10.0 Å². The summed E-state index contributed by atoms with van der Waals surface area (Å²) in [5, 5.41) is 0.210. The molecule has 0 unspecified atom stereocenters. The van der Waals surface area contributed by atoms with E-state index in [1.807, 2.05) is 11.8 Å². The highest BCUT2D eigenvalue weighted by Gasteiger charge is 2.50. The van der Waals surface area contributed by atoms with E-state index in [-0.39, 0.29) is 41.1 Å². The molecule has 0 N–H and O–H groups in total. The van der Waals surface area contributed by atoms with Crippen LogP contribution in [0.5, 0.6) is 5.75 Å². The van der Waals surface area contributed by atoms with Crippen LogP contribution in [0.3, 0.4) is 0 Å². The zero-order valence-corrected chi connectivity index (χ0v) is 25.2. The van der Waals surface area contributed by atoms with Crippen LogP contribution in [0.15, 0.2) is 65.6 Å². The minimum atomic E-state index is -4.68. The fourth-order valence-electron chi connectivity index (χ4n) is 5.11. The number of carbonyl (C=O) groups is 1. The number of carbonyl (C=O) groups excluding carboxylic acids is 1. The summed E-state index contributed by atoms with van der Waals surface area (Å²) in [5.41, 5.74) is 0.172. The second kappa shape index (κ2) is 12.4. The first kappa shape index (κ1) is 31.8. The topological polar surface area (TPSA) is 76.2 Å². The number of benzene rings is 3. The highest BCUT2D eigenvalue weighted by atomic mass is 35.5. The second-order valence-electron chi connectivity index (χ2n) is 10.7. The van der Waals surface area contributed by atoms with Crippen molar-refractivity contribution in [1.82, 2.24) is 4.90 Å². The minimum absolute atomic E-state index is 0.0329. The maximum Gasteiger partial charge on any atom is 0.416 e. The van der Waals surface area contributed by atoms with Gasteiger partial charge in [0.05, 0.1) is 46.3 Å². The molecule has 3 heterocycles. The van der Waals surface area contributed by atoms with Crippen molar-refractivity contribution in [3.63, 3.8) is 0 Å². The molecule has 0 saturated carbocycles. The van der Waals surface area contributed by atoms with Crippen molar-refractivity contribution in [2.45, 2.75) is 24.4 Å². The summed E-state index contributed by atoms with van der Waals surface area (Å²) < 4.78 is 91.4. The molecule has 0 aliphatic carbocycles. The van der Waals surface area contributed by atoms with Gasteiger partial charge in [0.2, 0.25) is 5.91 Å². The van der Waals surface area contributed by atoms with Gasteiger partial charge < -0.3 is 14.4 Å². The van der Waals surface area contributed by atoms with Gasteiger partial charge in [-0.15, -0.1) is 0 Å². The predicted molar refractivity (Wildman–Crippen MR) is 158 cm³/mol. The number of halogens is 5. The smallest absolute Gasteiger partial charge is 0.416 e. The summed E-state index contributed by atoms with van der Waals surface area (Å²) in [4.78, 5) is 12.5. The number of nitrogens with zero attached hydrogens (tertiary/aromatic N) is 2. The molecule has 234 valence electrons. The van der Waals surface area contributed by atoms with E-state index in [2.05, 4.69) is 0 Å². The molecule has 2 fully saturated rings. The Balaban J connectivity index is 0.000000291. The molecule has 3 aromatic carbocycles. The van der Waals surface area contributed by atoms with Crippen molar-refractivity contribution in [3.05, 3.63) is 88.2 Å². The Labute approximate surface area is 257 Å². The Kier molecular flexibility index (Phi) is 8.97. The number of hydrogen-bond donors (Lipinski definition) is 0. The van der Waals surface area contributed by atoms with Crippen molar-refractivity contribution in [2.75, 3.05) is 43.8 Å². The summed E-state index contributed by atoms with van der Waals surface area (Å²) in [6.07, 6.45) is -1.04. The van der Waals surface area contributed by atoms with E-state index in [0.29, 0.717) is 23.5 Å². The van der Waals surface area contributed by atoms with Gasteiger partial charge in [-0.3, -0.25) is 9.10 Å². The number of amides is 1. The second-order valence-corrected chi connectivity index (χ2v) is 13.0. The molecule has 6 rings (SSSR count). The first-order valence-corrected chi connectivity index (χ1v) is 15.6. The largest absolute Gasteiger partial charge is 0.489 e. The molecular formula is C31H29ClF4N2O5S. The zero-order chi connectivity index (χ0) is 31.7. The Hall–Kier alpha value is -3.61. The van der Waals surface area contributed by atoms with Crippen molar-refractivity contribution in [1.29, 1.82) is 0 Å². The lowest BCUT2D eigenvalue weighted by Crippen LogP contribution is -2.67. The van der Waals surface area contributed by atoms with Gasteiger partial charge in [-0.25, -0.2) is 12.8 Å². The molecule has 0 atom stereocenters. The standard InChI is InChI=1S/C23H16ClF4NO3S.C8H13NO2/c24-19-5-2-6-20(25)18(19)9-7-15-8-10-22-21(13-15)29(11-12-32-22)33(30,31)17-4-1-3-16(14-17)23(26,27)28;1-2-7(10)9-3-8(4-9)5-11-6-8/h1-10,13-14H,11-12H2;2-6H2,1H3/b9-7+;. The van der Waals surface area contributed by atoms with Gasteiger partial charge in [-0.2, -0.15) is 13.2 Å². The third-order valence-corrected chi connectivity index (χ3v) is 9.66. The summed E-state index contributed by atoms with van der Waals surface area (Å²) in [7, 11) is -4.31. The van der Waals surface area contributed by atoms with E-state index in [0.717, 1.165) is 48.8 Å². The van der Waals surface area contributed by atoms with Crippen molar-refractivity contribution < 1.29 is 40.2 Å². The molecule has 3 aromatic rings. The molecule has 13 heteroatoms. The van der Waals surface area contributed by atoms with E-state index in [4.69, 9.17) is 21.1 Å². The maximum atomic E-state index is 14.0. The summed E-state index contributed by atoms with van der Waals surface area (Å²) in [6, 6.07) is 12.5. The monoisotopic (exact) mass is 652 g/mol. The first-order chi connectivity index (χ1) is 20.8. The number of hydrogen-bond acceptors (Lipinski definition) is 5. The highest BCUT2D eigenvalue weighted by molar-refractivity contribution is 7.92. The lowest BCUT2D eigenvalue weighted by molar-refractivity contribution is -0.194. The fraction of sp³-hybridized carbons (Fsp3) is 0.323. The number of alkyl halides is 3. The van der Waals surface area contributed by atoms with Crippen LogP contribution in [0, 0.1) is 11.2 Å². The predicted octanol–water partition coefficient (Wildman–Crippen LogP) is 6.51. The number of rotatable bonds is 5. The summed E-state index contributed by atoms with van der Waals surface area (Å²) in [5.74, 6) is 0.0224. The molecule has 7 nitrogen and oxygen atoms in total. The van der Waals surface area contributed by atoms with Gasteiger partial charge in [0.15, 0.2) is 0 Å². The molecule has 0 aromatic heterocycles. The van der Waals surface area contributed by atoms with Gasteiger partial charge in [-0.05, 0) is 54.1 Å². The number of sulfonamides is 1. The van der Waals surface area contributed by atoms with E-state index in [1.54, 1.807) is 18.2 Å². The molecule has 1 spiro atoms. The SMILES string of the molecule is CCC(=O)N1CC2(COC2)C1.O=S(=O)(c1cccc(C(F)(F)F)c1)N1CCOc2ccc(/C=C/c3c(F)cccc3Cl)cc21. The third kappa shape index (κ3) is 6.57. The maximum absolute atomic E-state index is 14.0. The Morgan fingerprint density at radius 2 is 1.77 bits per heavy atom. The van der Waals surface area contributed by atoms with E-state index < -0.39 is 32.5 Å². The lowest BCUT2D eigenvalue weighted by Gasteiger charge is -2.54. The Bertz CT molecular complexity index is 1660. The molecule has 0 bridgehead atoms. The van der Waals surface area contributed by atoms with Crippen LogP contribution < -0.4 is 9.04 Å². The summed E-state index contributed by atoms with van der Waals surface area (Å²) in [6.45, 7) is 5.44. The number of fused-ring (bicyclic) bond motifs is 1. The van der Waals surface area contributed by atoms with E-state index in [1.165, 1.54) is 30.3 Å². The average molecular weight is 653 g/mol. The number of anilines is 1. The lowest BCUT2D eigenvalue weighted by atomic mass is 9.78. The van der Waals surface area contributed by atoms with E-state index in [9.17, 15) is 30.8 Å². The van der Waals surface area contributed by atoms with Crippen LogP contribution in [-0.4, -0.2) is 58.7 Å².